The van der Waals surface area contributed by atoms with Crippen LogP contribution in [0.5, 0.6) is 0 Å². The second-order valence-electron chi connectivity index (χ2n) is 10.4. The minimum atomic E-state index is -0.235. The Morgan fingerprint density at radius 2 is 1.67 bits per heavy atom. The topological polar surface area (TPSA) is 18.5 Å². The van der Waals surface area contributed by atoms with Crippen molar-refractivity contribution in [2.24, 2.45) is 40.4 Å². The summed E-state index contributed by atoms with van der Waals surface area (Å²) in [4.78, 5) is 0. The SMILES string of the molecule is CC1CC2(C)C(CCC23OCCO3)C2CCC3CCCCC3(C)C12. The molecule has 1 heterocycles. The van der Waals surface area contributed by atoms with E-state index in [1.165, 1.54) is 51.4 Å². The third kappa shape index (κ3) is 1.85. The van der Waals surface area contributed by atoms with Gasteiger partial charge in [0, 0.05) is 11.8 Å². The van der Waals surface area contributed by atoms with Gasteiger partial charge >= 0.3 is 0 Å². The molecule has 0 aromatic rings. The van der Waals surface area contributed by atoms with Gasteiger partial charge in [-0.25, -0.2) is 0 Å². The molecule has 5 aliphatic rings. The molecule has 0 amide bonds. The highest BCUT2D eigenvalue weighted by atomic mass is 16.7. The summed E-state index contributed by atoms with van der Waals surface area (Å²) in [7, 11) is 0. The van der Waals surface area contributed by atoms with Crippen molar-refractivity contribution in [3.05, 3.63) is 0 Å². The fraction of sp³-hybridized carbons (Fsp3) is 1.00. The Hall–Kier alpha value is -0.0800. The zero-order chi connectivity index (χ0) is 16.6. The van der Waals surface area contributed by atoms with Gasteiger partial charge in [0.15, 0.2) is 5.79 Å². The van der Waals surface area contributed by atoms with Crippen LogP contribution in [0.15, 0.2) is 0 Å². The highest BCUT2D eigenvalue weighted by Gasteiger charge is 2.68. The van der Waals surface area contributed by atoms with E-state index >= 15 is 0 Å². The summed E-state index contributed by atoms with van der Waals surface area (Å²) in [5.74, 6) is 4.30. The molecule has 5 fully saturated rings. The molecule has 7 atom stereocenters. The fourth-order valence-corrected chi connectivity index (χ4v) is 8.88. The smallest absolute Gasteiger partial charge is 0.174 e. The van der Waals surface area contributed by atoms with Crippen LogP contribution in [-0.2, 0) is 9.47 Å². The average molecular weight is 333 g/mol. The maximum absolute atomic E-state index is 6.31. The first kappa shape index (κ1) is 16.1. The fourth-order valence-electron chi connectivity index (χ4n) is 8.88. The largest absolute Gasteiger partial charge is 0.347 e. The van der Waals surface area contributed by atoms with Gasteiger partial charge in [-0.2, -0.15) is 0 Å². The summed E-state index contributed by atoms with van der Waals surface area (Å²) < 4.78 is 12.6. The van der Waals surface area contributed by atoms with Crippen molar-refractivity contribution < 1.29 is 9.47 Å². The third-order valence-corrected chi connectivity index (χ3v) is 9.62. The van der Waals surface area contributed by atoms with Crippen molar-refractivity contribution >= 4 is 0 Å². The molecular weight excluding hydrogens is 296 g/mol. The first-order valence-electron chi connectivity index (χ1n) is 10.8. The standard InChI is InChI=1S/C22H36O2/c1-15-14-21(3)18(9-11-22(21)23-12-13-24-22)17-8-7-16-6-4-5-10-20(16,2)19(15)17/h15-19H,4-14H2,1-3H3. The summed E-state index contributed by atoms with van der Waals surface area (Å²) in [5, 5.41) is 0. The predicted molar refractivity (Wildman–Crippen MR) is 95.5 cm³/mol. The van der Waals surface area contributed by atoms with Gasteiger partial charge in [0.1, 0.15) is 0 Å². The zero-order valence-corrected chi connectivity index (χ0v) is 16.0. The van der Waals surface area contributed by atoms with Gasteiger partial charge in [-0.1, -0.05) is 33.6 Å². The van der Waals surface area contributed by atoms with Gasteiger partial charge in [-0.15, -0.1) is 0 Å². The molecule has 1 aliphatic heterocycles. The normalized spacial score (nSPS) is 55.9. The molecule has 0 aromatic heterocycles. The first-order valence-corrected chi connectivity index (χ1v) is 10.8. The van der Waals surface area contributed by atoms with Gasteiger partial charge in [0.05, 0.1) is 13.2 Å². The Bertz CT molecular complexity index is 510. The van der Waals surface area contributed by atoms with E-state index in [4.69, 9.17) is 9.47 Å². The van der Waals surface area contributed by atoms with Crippen molar-refractivity contribution in [1.82, 2.24) is 0 Å². The van der Waals surface area contributed by atoms with E-state index < -0.39 is 0 Å². The molecule has 1 spiro atoms. The summed E-state index contributed by atoms with van der Waals surface area (Å²) in [5.41, 5.74) is 0.872. The van der Waals surface area contributed by atoms with Crippen LogP contribution in [0.25, 0.3) is 0 Å². The van der Waals surface area contributed by atoms with E-state index in [0.29, 0.717) is 5.41 Å². The maximum Gasteiger partial charge on any atom is 0.174 e. The van der Waals surface area contributed by atoms with Crippen molar-refractivity contribution in [1.29, 1.82) is 0 Å². The van der Waals surface area contributed by atoms with Crippen LogP contribution in [0.2, 0.25) is 0 Å². The monoisotopic (exact) mass is 332 g/mol. The number of rotatable bonds is 0. The minimum Gasteiger partial charge on any atom is -0.347 e. The van der Waals surface area contributed by atoms with Gasteiger partial charge in [0.2, 0.25) is 0 Å². The first-order chi connectivity index (χ1) is 11.5. The summed E-state index contributed by atoms with van der Waals surface area (Å²) in [6, 6.07) is 0. The van der Waals surface area contributed by atoms with Crippen molar-refractivity contribution in [2.45, 2.75) is 84.3 Å². The highest BCUT2D eigenvalue weighted by molar-refractivity contribution is 5.13. The van der Waals surface area contributed by atoms with Crippen LogP contribution in [0.1, 0.15) is 78.6 Å². The molecule has 4 saturated carbocycles. The van der Waals surface area contributed by atoms with Crippen molar-refractivity contribution in [3.63, 3.8) is 0 Å². The van der Waals surface area contributed by atoms with Gasteiger partial charge in [-0.3, -0.25) is 0 Å². The number of hydrogen-bond acceptors (Lipinski definition) is 2. The van der Waals surface area contributed by atoms with Gasteiger partial charge in [0.25, 0.3) is 0 Å². The van der Waals surface area contributed by atoms with Crippen LogP contribution >= 0.6 is 0 Å². The lowest BCUT2D eigenvalue weighted by Crippen LogP contribution is -2.59. The molecule has 0 bridgehead atoms. The van der Waals surface area contributed by atoms with Gasteiger partial charge < -0.3 is 9.47 Å². The molecule has 2 nitrogen and oxygen atoms in total. The quantitative estimate of drug-likeness (QED) is 0.590. The average Bonchev–Trinajstić information content (AvgIpc) is 3.13. The molecule has 1 saturated heterocycles. The molecule has 4 aliphatic carbocycles. The summed E-state index contributed by atoms with van der Waals surface area (Å²) in [6.07, 6.45) is 12.7. The lowest BCUT2D eigenvalue weighted by molar-refractivity contribution is -0.255. The molecule has 0 aromatic carbocycles. The summed E-state index contributed by atoms with van der Waals surface area (Å²) >= 11 is 0. The lowest BCUT2D eigenvalue weighted by Gasteiger charge is -2.63. The zero-order valence-electron chi connectivity index (χ0n) is 16.0. The van der Waals surface area contributed by atoms with E-state index in [0.717, 1.165) is 49.2 Å². The Morgan fingerprint density at radius 3 is 2.46 bits per heavy atom. The Labute approximate surface area is 148 Å². The molecule has 24 heavy (non-hydrogen) atoms. The van der Waals surface area contributed by atoms with Crippen LogP contribution in [0, 0.1) is 40.4 Å². The molecule has 136 valence electrons. The molecule has 7 unspecified atom stereocenters. The number of ether oxygens (including phenoxy) is 2. The predicted octanol–water partition coefficient (Wildman–Crippen LogP) is 5.41. The Balaban J connectivity index is 1.51. The molecular formula is C22H36O2. The molecule has 0 N–H and O–H groups in total. The number of fused-ring (bicyclic) bond motifs is 6. The van der Waals surface area contributed by atoms with Gasteiger partial charge in [-0.05, 0) is 73.5 Å². The van der Waals surface area contributed by atoms with E-state index in [9.17, 15) is 0 Å². The molecule has 2 heteroatoms. The summed E-state index contributed by atoms with van der Waals surface area (Å²) in [6.45, 7) is 9.40. The second-order valence-corrected chi connectivity index (χ2v) is 10.4. The molecule has 5 rings (SSSR count). The van der Waals surface area contributed by atoms with Crippen LogP contribution in [0.4, 0.5) is 0 Å². The molecule has 0 radical (unpaired) electrons. The van der Waals surface area contributed by atoms with Crippen molar-refractivity contribution in [2.75, 3.05) is 13.2 Å². The minimum absolute atomic E-state index is 0.235. The number of hydrogen-bond donors (Lipinski definition) is 0. The van der Waals surface area contributed by atoms with Crippen LogP contribution in [0.3, 0.4) is 0 Å². The van der Waals surface area contributed by atoms with Crippen molar-refractivity contribution in [3.8, 4) is 0 Å². The van der Waals surface area contributed by atoms with E-state index in [1.54, 1.807) is 0 Å². The second kappa shape index (κ2) is 5.22. The maximum atomic E-state index is 6.31. The third-order valence-electron chi connectivity index (χ3n) is 9.62. The Kier molecular flexibility index (Phi) is 3.51. The van der Waals surface area contributed by atoms with E-state index in [-0.39, 0.29) is 11.2 Å². The van der Waals surface area contributed by atoms with E-state index in [1.807, 2.05) is 0 Å². The van der Waals surface area contributed by atoms with E-state index in [2.05, 4.69) is 20.8 Å². The Morgan fingerprint density at radius 1 is 0.875 bits per heavy atom. The van der Waals surface area contributed by atoms with Crippen LogP contribution in [-0.4, -0.2) is 19.0 Å². The highest BCUT2D eigenvalue weighted by Crippen LogP contribution is 2.70. The van der Waals surface area contributed by atoms with Crippen LogP contribution < -0.4 is 0 Å². The lowest BCUT2D eigenvalue weighted by atomic mass is 9.42.